The normalized spacial score (nSPS) is 21.1. The first kappa shape index (κ1) is 19.0. The third-order valence-electron chi connectivity index (χ3n) is 4.78. The number of benzene rings is 2. The number of amides is 1. The molecule has 2 aromatic carbocycles. The summed E-state index contributed by atoms with van der Waals surface area (Å²) in [5.41, 5.74) is 1.51. The topological polar surface area (TPSA) is 51.1 Å². The first-order valence-corrected chi connectivity index (χ1v) is 10.7. The van der Waals surface area contributed by atoms with E-state index in [-0.39, 0.29) is 12.0 Å². The summed E-state index contributed by atoms with van der Waals surface area (Å²) < 4.78 is 11.4. The molecule has 0 N–H and O–H groups in total. The molecule has 0 radical (unpaired) electrons. The summed E-state index contributed by atoms with van der Waals surface area (Å²) >= 11 is 1.63. The van der Waals surface area contributed by atoms with Gasteiger partial charge in [0.05, 0.1) is 11.8 Å². The average Bonchev–Trinajstić information content (AvgIpc) is 3.27. The number of thioether (sulfide) groups is 1. The number of nitrogens with zero attached hydrogens (tertiary/aromatic N) is 2. The molecule has 4 rings (SSSR count). The fourth-order valence-corrected chi connectivity index (χ4v) is 4.22. The van der Waals surface area contributed by atoms with Gasteiger partial charge in [0.25, 0.3) is 5.91 Å². The smallest absolute Gasteiger partial charge is 0.259 e. The van der Waals surface area contributed by atoms with Crippen molar-refractivity contribution in [2.24, 2.45) is 4.99 Å². The van der Waals surface area contributed by atoms with Crippen molar-refractivity contribution < 1.29 is 14.3 Å². The molecular weight excluding hydrogens is 372 g/mol. The third-order valence-corrected chi connectivity index (χ3v) is 5.84. The first-order chi connectivity index (χ1) is 13.8. The van der Waals surface area contributed by atoms with Crippen molar-refractivity contribution in [3.05, 3.63) is 60.2 Å². The Balaban J connectivity index is 1.43. The molecular formula is C22H24N2O3S. The Bertz CT molecular complexity index is 817. The van der Waals surface area contributed by atoms with Crippen molar-refractivity contribution >= 4 is 28.5 Å². The second-order valence-corrected chi connectivity index (χ2v) is 7.92. The van der Waals surface area contributed by atoms with Crippen molar-refractivity contribution in [1.29, 1.82) is 0 Å². The lowest BCUT2D eigenvalue weighted by molar-refractivity contribution is 0.0679. The average molecular weight is 397 g/mol. The van der Waals surface area contributed by atoms with Crippen LogP contribution < -0.4 is 4.74 Å². The molecule has 2 aromatic rings. The van der Waals surface area contributed by atoms with Crippen LogP contribution in [0.1, 0.15) is 29.6 Å². The van der Waals surface area contributed by atoms with Crippen LogP contribution in [0.3, 0.4) is 0 Å². The van der Waals surface area contributed by atoms with E-state index in [1.54, 1.807) is 16.7 Å². The number of para-hydroxylation sites is 1. The molecule has 0 unspecified atom stereocenters. The highest BCUT2D eigenvalue weighted by molar-refractivity contribution is 8.13. The molecule has 0 bridgehead atoms. The van der Waals surface area contributed by atoms with E-state index < -0.39 is 0 Å². The maximum atomic E-state index is 13.0. The molecule has 1 atom stereocenters. The minimum atomic E-state index is -0.0208. The largest absolute Gasteiger partial charge is 0.491 e. The first-order valence-electron chi connectivity index (χ1n) is 9.72. The lowest BCUT2D eigenvalue weighted by Gasteiger charge is -2.27. The molecule has 6 heteroatoms. The molecule has 2 fully saturated rings. The monoisotopic (exact) mass is 396 g/mol. The molecule has 0 saturated carbocycles. The molecule has 2 aliphatic rings. The third kappa shape index (κ3) is 4.75. The van der Waals surface area contributed by atoms with Crippen LogP contribution in [0.5, 0.6) is 5.75 Å². The Kier molecular flexibility index (Phi) is 6.29. The van der Waals surface area contributed by atoms with Crippen molar-refractivity contribution in [1.82, 2.24) is 4.90 Å². The molecule has 1 amide bonds. The second kappa shape index (κ2) is 9.26. The number of aliphatic imine (C=N–C) groups is 1. The zero-order valence-corrected chi connectivity index (χ0v) is 16.6. The quantitative estimate of drug-likeness (QED) is 0.746. The number of carbonyl (C=O) groups excluding carboxylic acids is 1. The van der Waals surface area contributed by atoms with Crippen LogP contribution >= 0.6 is 11.8 Å². The van der Waals surface area contributed by atoms with E-state index in [0.29, 0.717) is 18.7 Å². The lowest BCUT2D eigenvalue weighted by Crippen LogP contribution is -2.39. The number of ether oxygens (including phenoxy) is 2. The van der Waals surface area contributed by atoms with Crippen molar-refractivity contribution in [3.63, 3.8) is 0 Å². The van der Waals surface area contributed by atoms with Crippen molar-refractivity contribution in [3.8, 4) is 5.75 Å². The van der Waals surface area contributed by atoms with Gasteiger partial charge in [0.15, 0.2) is 5.17 Å². The van der Waals surface area contributed by atoms with Gasteiger partial charge in [-0.2, -0.15) is 0 Å². The number of carbonyl (C=O) groups is 1. The Hall–Kier alpha value is -2.31. The summed E-state index contributed by atoms with van der Waals surface area (Å²) in [6.07, 6.45) is 3.30. The zero-order chi connectivity index (χ0) is 19.2. The van der Waals surface area contributed by atoms with Crippen LogP contribution in [0.2, 0.25) is 0 Å². The number of hydrogen-bond acceptors (Lipinski definition) is 5. The van der Waals surface area contributed by atoms with Gasteiger partial charge in [0, 0.05) is 24.5 Å². The molecule has 0 spiro atoms. The summed E-state index contributed by atoms with van der Waals surface area (Å²) in [4.78, 5) is 19.5. The van der Waals surface area contributed by atoms with Gasteiger partial charge in [-0.05, 0) is 55.7 Å². The summed E-state index contributed by atoms with van der Waals surface area (Å²) in [7, 11) is 0. The molecule has 28 heavy (non-hydrogen) atoms. The summed E-state index contributed by atoms with van der Waals surface area (Å²) in [5.74, 6) is 1.72. The molecule has 2 aliphatic heterocycles. The molecule has 2 saturated heterocycles. The van der Waals surface area contributed by atoms with E-state index in [1.807, 2.05) is 54.6 Å². The maximum absolute atomic E-state index is 13.0. The van der Waals surface area contributed by atoms with E-state index in [1.165, 1.54) is 0 Å². The van der Waals surface area contributed by atoms with E-state index in [4.69, 9.17) is 9.47 Å². The minimum Gasteiger partial charge on any atom is -0.491 e. The molecule has 5 nitrogen and oxygen atoms in total. The predicted molar refractivity (Wildman–Crippen MR) is 113 cm³/mol. The number of rotatable bonds is 5. The van der Waals surface area contributed by atoms with Crippen LogP contribution in [0.4, 0.5) is 5.69 Å². The highest BCUT2D eigenvalue weighted by atomic mass is 32.2. The fourth-order valence-electron chi connectivity index (χ4n) is 3.27. The van der Waals surface area contributed by atoms with Crippen LogP contribution in [0.25, 0.3) is 0 Å². The Morgan fingerprint density at radius 3 is 2.71 bits per heavy atom. The summed E-state index contributed by atoms with van der Waals surface area (Å²) in [5, 5.41) is 0.765. The van der Waals surface area contributed by atoms with Gasteiger partial charge in [-0.25, -0.2) is 4.99 Å². The molecule has 2 heterocycles. The number of hydrogen-bond donors (Lipinski definition) is 0. The minimum absolute atomic E-state index is 0.0208. The van der Waals surface area contributed by atoms with Crippen LogP contribution in [0.15, 0.2) is 59.6 Å². The molecule has 0 aromatic heterocycles. The van der Waals surface area contributed by atoms with Gasteiger partial charge >= 0.3 is 0 Å². The Morgan fingerprint density at radius 2 is 1.96 bits per heavy atom. The van der Waals surface area contributed by atoms with Crippen LogP contribution in [-0.4, -0.2) is 47.6 Å². The maximum Gasteiger partial charge on any atom is 0.259 e. The van der Waals surface area contributed by atoms with Gasteiger partial charge in [0.1, 0.15) is 12.4 Å². The summed E-state index contributed by atoms with van der Waals surface area (Å²) in [6.45, 7) is 2.07. The van der Waals surface area contributed by atoms with Gasteiger partial charge in [-0.1, -0.05) is 30.0 Å². The van der Waals surface area contributed by atoms with Gasteiger partial charge in [-0.3, -0.25) is 9.69 Å². The van der Waals surface area contributed by atoms with Gasteiger partial charge in [0.2, 0.25) is 0 Å². The van der Waals surface area contributed by atoms with Gasteiger partial charge < -0.3 is 9.47 Å². The van der Waals surface area contributed by atoms with Gasteiger partial charge in [-0.15, -0.1) is 0 Å². The number of amidine groups is 1. The Labute approximate surface area is 169 Å². The van der Waals surface area contributed by atoms with Crippen LogP contribution in [0, 0.1) is 0 Å². The second-order valence-electron chi connectivity index (χ2n) is 6.86. The SMILES string of the molecule is O=C(c1ccc(OC[C@@H]2CCCO2)cc1)N1CCCSC1=Nc1ccccc1. The van der Waals surface area contributed by atoms with E-state index in [9.17, 15) is 4.79 Å². The Morgan fingerprint density at radius 1 is 1.14 bits per heavy atom. The standard InChI is InChI=1S/C22H24N2O3S/c25-21(17-9-11-19(12-10-17)27-16-20-8-4-14-26-20)24-13-5-15-28-22(24)23-18-6-2-1-3-7-18/h1-3,6-7,9-12,20H,4-5,8,13-16H2/t20-/m0/s1. The van der Waals surface area contributed by atoms with E-state index in [0.717, 1.165) is 48.2 Å². The van der Waals surface area contributed by atoms with E-state index >= 15 is 0 Å². The highest BCUT2D eigenvalue weighted by Crippen LogP contribution is 2.24. The molecule has 146 valence electrons. The molecule has 0 aliphatic carbocycles. The zero-order valence-electron chi connectivity index (χ0n) is 15.8. The van der Waals surface area contributed by atoms with Crippen molar-refractivity contribution in [2.45, 2.75) is 25.4 Å². The lowest BCUT2D eigenvalue weighted by atomic mass is 10.2. The van der Waals surface area contributed by atoms with Crippen molar-refractivity contribution in [2.75, 3.05) is 25.5 Å². The highest BCUT2D eigenvalue weighted by Gasteiger charge is 2.25. The van der Waals surface area contributed by atoms with E-state index in [2.05, 4.69) is 4.99 Å². The van der Waals surface area contributed by atoms with Crippen LogP contribution in [-0.2, 0) is 4.74 Å². The predicted octanol–water partition coefficient (Wildman–Crippen LogP) is 4.51. The fraction of sp³-hybridized carbons (Fsp3) is 0.364. The summed E-state index contributed by atoms with van der Waals surface area (Å²) in [6, 6.07) is 17.1.